The summed E-state index contributed by atoms with van der Waals surface area (Å²) in [6, 6.07) is 6.34. The maximum Gasteiger partial charge on any atom is 0.152 e. The van der Waals surface area contributed by atoms with E-state index in [0.717, 1.165) is 4.47 Å². The molecule has 94 valence electrons. The molecule has 2 nitrogen and oxygen atoms in total. The van der Waals surface area contributed by atoms with E-state index in [2.05, 4.69) is 26.2 Å². The second-order valence-corrected chi connectivity index (χ2v) is 5.23. The van der Waals surface area contributed by atoms with Crippen LogP contribution >= 0.6 is 39.1 Å². The summed E-state index contributed by atoms with van der Waals surface area (Å²) in [5.74, 6) is -0.353. The van der Waals surface area contributed by atoms with Crippen LogP contribution < -0.4 is 5.32 Å². The van der Waals surface area contributed by atoms with Crippen molar-refractivity contribution in [2.45, 2.75) is 6.54 Å². The first-order valence-corrected chi connectivity index (χ1v) is 6.60. The molecule has 0 saturated carbocycles. The first-order valence-electron chi connectivity index (χ1n) is 5.05. The van der Waals surface area contributed by atoms with E-state index in [0.29, 0.717) is 21.4 Å². The molecule has 0 aliphatic carbocycles. The highest BCUT2D eigenvalue weighted by Crippen LogP contribution is 2.25. The molecule has 0 unspecified atom stereocenters. The summed E-state index contributed by atoms with van der Waals surface area (Å²) in [5.41, 5.74) is 1.01. The smallest absolute Gasteiger partial charge is 0.152 e. The Labute approximate surface area is 122 Å². The molecule has 18 heavy (non-hydrogen) atoms. The van der Waals surface area contributed by atoms with Gasteiger partial charge in [-0.25, -0.2) is 9.37 Å². The van der Waals surface area contributed by atoms with Crippen LogP contribution in [-0.2, 0) is 6.54 Å². The van der Waals surface area contributed by atoms with E-state index in [1.54, 1.807) is 24.4 Å². The molecule has 1 aromatic heterocycles. The van der Waals surface area contributed by atoms with Crippen LogP contribution in [0.15, 0.2) is 34.9 Å². The zero-order chi connectivity index (χ0) is 13.1. The molecule has 0 atom stereocenters. The lowest BCUT2D eigenvalue weighted by Gasteiger charge is -2.10. The van der Waals surface area contributed by atoms with Gasteiger partial charge in [0.2, 0.25) is 0 Å². The van der Waals surface area contributed by atoms with Gasteiger partial charge in [0.25, 0.3) is 0 Å². The first-order chi connectivity index (χ1) is 8.58. The lowest BCUT2D eigenvalue weighted by Crippen LogP contribution is -2.03. The number of halogens is 4. The third kappa shape index (κ3) is 3.13. The van der Waals surface area contributed by atoms with Crippen molar-refractivity contribution in [2.24, 2.45) is 0 Å². The SMILES string of the molecule is Fc1cccc(Cl)c1CNc1cc(Br)cnc1Cl. The lowest BCUT2D eigenvalue weighted by atomic mass is 10.2. The highest BCUT2D eigenvalue weighted by molar-refractivity contribution is 9.10. The molecule has 1 N–H and O–H groups in total. The Morgan fingerprint density at radius 3 is 2.83 bits per heavy atom. The Balaban J connectivity index is 2.19. The topological polar surface area (TPSA) is 24.9 Å². The van der Waals surface area contributed by atoms with Gasteiger partial charge in [-0.15, -0.1) is 0 Å². The summed E-state index contributed by atoms with van der Waals surface area (Å²) in [7, 11) is 0. The number of hydrogen-bond donors (Lipinski definition) is 1. The normalized spacial score (nSPS) is 10.4. The van der Waals surface area contributed by atoms with Crippen molar-refractivity contribution in [1.82, 2.24) is 4.98 Å². The minimum atomic E-state index is -0.353. The Kier molecular flexibility index (Phi) is 4.43. The number of pyridine rings is 1. The van der Waals surface area contributed by atoms with Crippen molar-refractivity contribution in [3.8, 4) is 0 Å². The number of anilines is 1. The molecule has 0 fully saturated rings. The number of rotatable bonds is 3. The Hall–Kier alpha value is -0.840. The van der Waals surface area contributed by atoms with Crippen LogP contribution in [0.2, 0.25) is 10.2 Å². The van der Waals surface area contributed by atoms with E-state index in [1.807, 2.05) is 0 Å². The molecule has 1 heterocycles. The fourth-order valence-corrected chi connectivity index (χ4v) is 2.16. The summed E-state index contributed by atoms with van der Waals surface area (Å²) < 4.78 is 14.3. The third-order valence-electron chi connectivity index (χ3n) is 2.32. The van der Waals surface area contributed by atoms with Crippen molar-refractivity contribution in [3.05, 3.63) is 56.5 Å². The maximum absolute atomic E-state index is 13.6. The quantitative estimate of drug-likeness (QED) is 0.797. The van der Waals surface area contributed by atoms with Gasteiger partial charge in [0.15, 0.2) is 5.15 Å². The summed E-state index contributed by atoms with van der Waals surface area (Å²) in [6.45, 7) is 0.239. The molecule has 0 bridgehead atoms. The molecule has 2 rings (SSSR count). The van der Waals surface area contributed by atoms with Gasteiger partial charge >= 0.3 is 0 Å². The van der Waals surface area contributed by atoms with Crippen LogP contribution in [0, 0.1) is 5.82 Å². The molecule has 0 aliphatic rings. The van der Waals surface area contributed by atoms with E-state index in [-0.39, 0.29) is 12.4 Å². The van der Waals surface area contributed by atoms with Crippen LogP contribution in [0.5, 0.6) is 0 Å². The molecule has 0 aliphatic heterocycles. The van der Waals surface area contributed by atoms with Crippen molar-refractivity contribution in [1.29, 1.82) is 0 Å². The molecule has 0 spiro atoms. The molecule has 0 amide bonds. The fourth-order valence-electron chi connectivity index (χ4n) is 1.43. The lowest BCUT2D eigenvalue weighted by molar-refractivity contribution is 0.613. The minimum absolute atomic E-state index is 0.239. The number of aromatic nitrogens is 1. The molecular formula is C12H8BrCl2FN2. The van der Waals surface area contributed by atoms with Crippen molar-refractivity contribution in [3.63, 3.8) is 0 Å². The van der Waals surface area contributed by atoms with Crippen molar-refractivity contribution >= 4 is 44.8 Å². The molecule has 6 heteroatoms. The van der Waals surface area contributed by atoms with Gasteiger partial charge in [-0.3, -0.25) is 0 Å². The largest absolute Gasteiger partial charge is 0.378 e. The van der Waals surface area contributed by atoms with Crippen LogP contribution in [0.25, 0.3) is 0 Å². The Morgan fingerprint density at radius 1 is 1.33 bits per heavy atom. The van der Waals surface area contributed by atoms with Crippen molar-refractivity contribution in [2.75, 3.05) is 5.32 Å². The standard InChI is InChI=1S/C12H8BrCl2FN2/c13-7-4-11(12(15)18-5-7)17-6-8-9(14)2-1-3-10(8)16/h1-5,17H,6H2. The van der Waals surface area contributed by atoms with E-state index in [4.69, 9.17) is 23.2 Å². The van der Waals surface area contributed by atoms with Gasteiger partial charge in [-0.1, -0.05) is 29.3 Å². The highest BCUT2D eigenvalue weighted by atomic mass is 79.9. The zero-order valence-corrected chi connectivity index (χ0v) is 12.2. The summed E-state index contributed by atoms with van der Waals surface area (Å²) in [4.78, 5) is 3.97. The average molecular weight is 350 g/mol. The average Bonchev–Trinajstić information content (AvgIpc) is 2.33. The second kappa shape index (κ2) is 5.87. The van der Waals surface area contributed by atoms with Gasteiger partial charge in [0, 0.05) is 27.8 Å². The number of hydrogen-bond acceptors (Lipinski definition) is 2. The molecule has 1 aromatic carbocycles. The van der Waals surface area contributed by atoms with E-state index in [1.165, 1.54) is 6.07 Å². The first kappa shape index (κ1) is 13.6. The maximum atomic E-state index is 13.6. The summed E-state index contributed by atoms with van der Waals surface area (Å²) in [5, 5.41) is 3.70. The van der Waals surface area contributed by atoms with Crippen LogP contribution in [0.4, 0.5) is 10.1 Å². The van der Waals surface area contributed by atoms with Crippen LogP contribution in [0.3, 0.4) is 0 Å². The number of nitrogens with one attached hydrogen (secondary N) is 1. The second-order valence-electron chi connectivity index (χ2n) is 3.55. The minimum Gasteiger partial charge on any atom is -0.378 e. The molecule has 0 radical (unpaired) electrons. The third-order valence-corrected chi connectivity index (χ3v) is 3.41. The molecule has 0 saturated heterocycles. The van der Waals surface area contributed by atoms with Gasteiger partial charge in [0.1, 0.15) is 5.82 Å². The van der Waals surface area contributed by atoms with Gasteiger partial charge in [-0.2, -0.15) is 0 Å². The van der Waals surface area contributed by atoms with Gasteiger partial charge in [0.05, 0.1) is 5.69 Å². The summed E-state index contributed by atoms with van der Waals surface area (Å²) in [6.07, 6.45) is 1.59. The van der Waals surface area contributed by atoms with Crippen LogP contribution in [0.1, 0.15) is 5.56 Å². The number of benzene rings is 1. The Bertz CT molecular complexity index is 558. The summed E-state index contributed by atoms with van der Waals surface area (Å²) >= 11 is 15.1. The van der Waals surface area contributed by atoms with E-state index >= 15 is 0 Å². The molecule has 2 aromatic rings. The van der Waals surface area contributed by atoms with E-state index in [9.17, 15) is 4.39 Å². The van der Waals surface area contributed by atoms with Crippen LogP contribution in [-0.4, -0.2) is 4.98 Å². The predicted octanol–water partition coefficient (Wildman–Crippen LogP) is 4.90. The van der Waals surface area contributed by atoms with Gasteiger partial charge < -0.3 is 5.32 Å². The molecular weight excluding hydrogens is 342 g/mol. The number of nitrogens with zero attached hydrogens (tertiary/aromatic N) is 1. The van der Waals surface area contributed by atoms with Crippen molar-refractivity contribution < 1.29 is 4.39 Å². The predicted molar refractivity (Wildman–Crippen MR) is 75.7 cm³/mol. The fraction of sp³-hybridized carbons (Fsp3) is 0.0833. The van der Waals surface area contributed by atoms with Gasteiger partial charge in [-0.05, 0) is 34.1 Å². The highest BCUT2D eigenvalue weighted by Gasteiger charge is 2.08. The Morgan fingerprint density at radius 2 is 2.11 bits per heavy atom. The van der Waals surface area contributed by atoms with E-state index < -0.39 is 0 Å². The zero-order valence-electron chi connectivity index (χ0n) is 9.05. The monoisotopic (exact) mass is 348 g/mol.